The van der Waals surface area contributed by atoms with Gasteiger partial charge in [0.2, 0.25) is 11.8 Å². The third kappa shape index (κ3) is 6.87. The van der Waals surface area contributed by atoms with E-state index in [0.717, 1.165) is 11.3 Å². The first-order chi connectivity index (χ1) is 25.8. The van der Waals surface area contributed by atoms with E-state index in [1.165, 1.54) is 0 Å². The van der Waals surface area contributed by atoms with Crippen molar-refractivity contribution in [2.24, 2.45) is 9.98 Å². The van der Waals surface area contributed by atoms with Crippen molar-refractivity contribution >= 4 is 63.0 Å². The number of rotatable bonds is 10. The quantitative estimate of drug-likeness (QED) is 0.108. The van der Waals surface area contributed by atoms with Crippen LogP contribution in [0.5, 0.6) is 5.88 Å². The zero-order chi connectivity index (χ0) is 37.1. The number of pyridine rings is 1. The van der Waals surface area contributed by atoms with E-state index in [0.29, 0.717) is 63.1 Å². The Morgan fingerprint density at radius 2 is 1.62 bits per heavy atom. The molecule has 53 heavy (non-hydrogen) atoms. The Kier molecular flexibility index (Phi) is 10.5. The van der Waals surface area contributed by atoms with Crippen LogP contribution in [0, 0.1) is 0 Å². The van der Waals surface area contributed by atoms with E-state index in [9.17, 15) is 0 Å². The normalized spacial score (nSPS) is 18.6. The van der Waals surface area contributed by atoms with E-state index in [1.807, 2.05) is 36.9 Å². The van der Waals surface area contributed by atoms with Gasteiger partial charge in [0, 0.05) is 55.9 Å². The van der Waals surface area contributed by atoms with Crippen LogP contribution in [0.4, 0.5) is 5.95 Å². The predicted molar refractivity (Wildman–Crippen MR) is 206 cm³/mol. The Balaban J connectivity index is 1.33. The van der Waals surface area contributed by atoms with Gasteiger partial charge in [-0.25, -0.2) is 44.9 Å². The predicted octanol–water partition coefficient (Wildman–Crippen LogP) is 6.73. The standard InChI is InChI=1S/C36H32BrCl2N13O/c1-5-36(34-43-15-9-16-44-34,18-25-41-13-8-14-42-25)51-20-47-28(27(37)29(51)24-10-6-7-12-40-24)32-46-19-23(31(39)49-32)33-50-30(38)21(2)22(3)52(33)35-45-17-11-26(48-35)53-4/h6-17,19-20,22,29H,5,18H2,1-4H3. The molecule has 0 saturated heterocycles. The van der Waals surface area contributed by atoms with Gasteiger partial charge in [-0.2, -0.15) is 4.98 Å². The molecule has 3 atom stereocenters. The van der Waals surface area contributed by atoms with Crippen LogP contribution >= 0.6 is 39.1 Å². The monoisotopic (exact) mass is 811 g/mol. The first kappa shape index (κ1) is 36.1. The number of hydrogen-bond donors (Lipinski definition) is 0. The summed E-state index contributed by atoms with van der Waals surface area (Å²) in [5, 5.41) is 0.453. The maximum absolute atomic E-state index is 6.99. The zero-order valence-electron chi connectivity index (χ0n) is 29.0. The molecule has 5 aromatic rings. The van der Waals surface area contributed by atoms with Gasteiger partial charge in [0.25, 0.3) is 0 Å². The SMILES string of the molecule is CCC(Cc1ncccn1)(c1ncccn1)N1C=NC(c2ncc(C3=NC(Cl)=C(C)C(C)N3c3nccc(OC)n3)c(Cl)n2)=C(Br)C1c1ccccn1. The van der Waals surface area contributed by atoms with E-state index in [4.69, 9.17) is 62.8 Å². The average molecular weight is 814 g/mol. The number of aromatic nitrogens is 9. The molecule has 0 aromatic carbocycles. The smallest absolute Gasteiger partial charge is 0.234 e. The van der Waals surface area contributed by atoms with Gasteiger partial charge in [0.05, 0.1) is 35.2 Å². The molecule has 268 valence electrons. The van der Waals surface area contributed by atoms with Gasteiger partial charge in [-0.1, -0.05) is 52.1 Å². The van der Waals surface area contributed by atoms with Crippen LogP contribution in [0.15, 0.2) is 105 Å². The number of nitrogens with zero attached hydrogens (tertiary/aromatic N) is 13. The van der Waals surface area contributed by atoms with Crippen LogP contribution in [0.1, 0.15) is 62.0 Å². The molecule has 17 heteroatoms. The van der Waals surface area contributed by atoms with Crippen molar-refractivity contribution < 1.29 is 4.74 Å². The highest BCUT2D eigenvalue weighted by Crippen LogP contribution is 2.47. The molecule has 2 aliphatic heterocycles. The molecule has 0 N–H and O–H groups in total. The van der Waals surface area contributed by atoms with Gasteiger partial charge >= 0.3 is 0 Å². The summed E-state index contributed by atoms with van der Waals surface area (Å²) in [5.41, 5.74) is 1.61. The van der Waals surface area contributed by atoms with Crippen molar-refractivity contribution in [2.45, 2.75) is 51.2 Å². The Hall–Kier alpha value is -5.25. The second-order valence-corrected chi connectivity index (χ2v) is 13.6. The van der Waals surface area contributed by atoms with Gasteiger partial charge in [-0.05, 0) is 50.1 Å². The van der Waals surface area contributed by atoms with Crippen molar-refractivity contribution in [1.29, 1.82) is 0 Å². The lowest BCUT2D eigenvalue weighted by atomic mass is 9.85. The molecular formula is C36H32BrCl2N13O. The molecule has 7 heterocycles. The Bertz CT molecular complexity index is 2240. The van der Waals surface area contributed by atoms with Crippen molar-refractivity contribution in [3.05, 3.63) is 129 Å². The zero-order valence-corrected chi connectivity index (χ0v) is 32.1. The summed E-state index contributed by atoms with van der Waals surface area (Å²) in [4.78, 5) is 55.5. The van der Waals surface area contributed by atoms with E-state index >= 15 is 0 Å². The minimum atomic E-state index is -0.840. The van der Waals surface area contributed by atoms with E-state index in [1.54, 1.807) is 75.0 Å². The Labute approximate surface area is 324 Å². The molecule has 0 amide bonds. The van der Waals surface area contributed by atoms with Gasteiger partial charge in [0.15, 0.2) is 11.6 Å². The van der Waals surface area contributed by atoms with Gasteiger partial charge in [-0.3, -0.25) is 9.88 Å². The molecule has 0 spiro atoms. The summed E-state index contributed by atoms with van der Waals surface area (Å²) in [6.07, 6.45) is 14.6. The molecule has 14 nitrogen and oxygen atoms in total. The number of amidine groups is 1. The first-order valence-corrected chi connectivity index (χ1v) is 18.1. The van der Waals surface area contributed by atoms with E-state index in [-0.39, 0.29) is 17.0 Å². The molecule has 0 bridgehead atoms. The fraction of sp³-hybridized carbons (Fsp3) is 0.250. The Morgan fingerprint density at radius 1 is 0.887 bits per heavy atom. The van der Waals surface area contributed by atoms with Gasteiger partial charge < -0.3 is 9.64 Å². The lowest BCUT2D eigenvalue weighted by Crippen LogP contribution is -2.51. The van der Waals surface area contributed by atoms with Crippen LogP contribution < -0.4 is 9.64 Å². The minimum absolute atomic E-state index is 0.125. The highest BCUT2D eigenvalue weighted by Gasteiger charge is 2.46. The van der Waals surface area contributed by atoms with Crippen molar-refractivity contribution in [1.82, 2.24) is 49.8 Å². The van der Waals surface area contributed by atoms with Crippen LogP contribution in [-0.4, -0.2) is 75.1 Å². The lowest BCUT2D eigenvalue weighted by Gasteiger charge is -2.46. The third-order valence-corrected chi connectivity index (χ3v) is 10.6. The maximum atomic E-state index is 6.99. The fourth-order valence-corrected chi connectivity index (χ4v) is 7.42. The van der Waals surface area contributed by atoms with Crippen molar-refractivity contribution in [2.75, 3.05) is 12.0 Å². The van der Waals surface area contributed by atoms with E-state index in [2.05, 4.69) is 47.7 Å². The number of aliphatic imine (C=N–C) groups is 2. The summed E-state index contributed by atoms with van der Waals surface area (Å²) >= 11 is 17.5. The topological polar surface area (TPSA) is 156 Å². The molecule has 0 saturated carbocycles. The number of halogens is 3. The second-order valence-electron chi connectivity index (χ2n) is 12.1. The summed E-state index contributed by atoms with van der Waals surface area (Å²) in [6.45, 7) is 5.95. The molecule has 5 aromatic heterocycles. The van der Waals surface area contributed by atoms with Crippen LogP contribution in [0.25, 0.3) is 5.70 Å². The highest BCUT2D eigenvalue weighted by atomic mass is 79.9. The van der Waals surface area contributed by atoms with Gasteiger partial charge in [-0.15, -0.1) is 0 Å². The van der Waals surface area contributed by atoms with Gasteiger partial charge in [0.1, 0.15) is 39.2 Å². The van der Waals surface area contributed by atoms with Crippen LogP contribution in [0.3, 0.4) is 0 Å². The number of hydrogen-bond acceptors (Lipinski definition) is 14. The maximum Gasteiger partial charge on any atom is 0.234 e. The van der Waals surface area contributed by atoms with Crippen LogP contribution in [0.2, 0.25) is 5.15 Å². The number of ether oxygens (including phenoxy) is 1. The summed E-state index contributed by atoms with van der Waals surface area (Å²) in [7, 11) is 1.54. The lowest BCUT2D eigenvalue weighted by molar-refractivity contribution is 0.123. The molecular weight excluding hydrogens is 781 g/mol. The summed E-state index contributed by atoms with van der Waals surface area (Å²) in [5.74, 6) is 2.62. The van der Waals surface area contributed by atoms with Crippen LogP contribution in [-0.2, 0) is 12.0 Å². The third-order valence-electron chi connectivity index (χ3n) is 9.16. The number of anilines is 1. The molecule has 3 unspecified atom stereocenters. The first-order valence-electron chi connectivity index (χ1n) is 16.6. The van der Waals surface area contributed by atoms with E-state index < -0.39 is 11.6 Å². The molecule has 0 radical (unpaired) electrons. The summed E-state index contributed by atoms with van der Waals surface area (Å²) in [6, 6.07) is 10.2. The molecule has 7 rings (SSSR count). The minimum Gasteiger partial charge on any atom is -0.481 e. The van der Waals surface area contributed by atoms with Crippen molar-refractivity contribution in [3.8, 4) is 5.88 Å². The average Bonchev–Trinajstić information content (AvgIpc) is 3.20. The largest absolute Gasteiger partial charge is 0.481 e. The van der Waals surface area contributed by atoms with Crippen molar-refractivity contribution in [3.63, 3.8) is 0 Å². The fourth-order valence-electron chi connectivity index (χ4n) is 6.24. The molecule has 0 fully saturated rings. The highest BCUT2D eigenvalue weighted by molar-refractivity contribution is 9.11. The summed E-state index contributed by atoms with van der Waals surface area (Å²) < 4.78 is 6.02. The number of methoxy groups -OCH3 is 1. The molecule has 2 aliphatic rings. The Morgan fingerprint density at radius 3 is 2.30 bits per heavy atom. The second kappa shape index (κ2) is 15.4. The molecule has 0 aliphatic carbocycles.